The lowest BCUT2D eigenvalue weighted by Crippen LogP contribution is -2.24. The molecular weight excluding hydrogens is 226 g/mol. The Morgan fingerprint density at radius 1 is 1.28 bits per heavy atom. The Bertz CT molecular complexity index is 512. The monoisotopic (exact) mass is 243 g/mol. The molecular formula is C13H17N5. The van der Waals surface area contributed by atoms with Gasteiger partial charge in [0.25, 0.3) is 0 Å². The molecule has 18 heavy (non-hydrogen) atoms. The number of hydrogen-bond acceptors (Lipinski definition) is 5. The highest BCUT2D eigenvalue weighted by molar-refractivity contribution is 5.45. The molecule has 0 bridgehead atoms. The zero-order valence-corrected chi connectivity index (χ0v) is 10.6. The number of aryl methyl sites for hydroxylation is 1. The molecule has 0 spiro atoms. The van der Waals surface area contributed by atoms with Gasteiger partial charge in [-0.25, -0.2) is 4.98 Å². The number of hydrogen-bond donors (Lipinski definition) is 2. The third-order valence-electron chi connectivity index (χ3n) is 2.68. The van der Waals surface area contributed by atoms with E-state index in [-0.39, 0.29) is 6.04 Å². The van der Waals surface area contributed by atoms with Crippen molar-refractivity contribution in [2.24, 2.45) is 0 Å². The lowest BCUT2D eigenvalue weighted by molar-refractivity contribution is 0.612. The minimum absolute atomic E-state index is 0.0731. The first-order valence-corrected chi connectivity index (χ1v) is 5.93. The zero-order valence-electron chi connectivity index (χ0n) is 10.6. The topological polar surface area (TPSA) is 76.7 Å². The van der Waals surface area contributed by atoms with Crippen molar-refractivity contribution in [2.75, 3.05) is 12.3 Å². The van der Waals surface area contributed by atoms with Crippen LogP contribution in [-0.4, -0.2) is 21.5 Å². The molecule has 5 heteroatoms. The Labute approximate surface area is 106 Å². The molecule has 0 fully saturated rings. The smallest absolute Gasteiger partial charge is 0.128 e. The van der Waals surface area contributed by atoms with E-state index in [1.807, 2.05) is 19.9 Å². The van der Waals surface area contributed by atoms with Crippen molar-refractivity contribution in [3.05, 3.63) is 47.7 Å². The third-order valence-corrected chi connectivity index (χ3v) is 2.68. The van der Waals surface area contributed by atoms with Crippen LogP contribution < -0.4 is 11.1 Å². The van der Waals surface area contributed by atoms with Crippen LogP contribution in [0, 0.1) is 6.92 Å². The second-order valence-corrected chi connectivity index (χ2v) is 4.11. The zero-order chi connectivity index (χ0) is 13.0. The van der Waals surface area contributed by atoms with Crippen molar-refractivity contribution >= 4 is 5.82 Å². The van der Waals surface area contributed by atoms with Crippen molar-refractivity contribution in [1.82, 2.24) is 20.3 Å². The second-order valence-electron chi connectivity index (χ2n) is 4.11. The molecule has 0 amide bonds. The van der Waals surface area contributed by atoms with E-state index in [1.54, 1.807) is 24.8 Å². The molecule has 1 unspecified atom stereocenters. The highest BCUT2D eigenvalue weighted by Gasteiger charge is 2.17. The first-order chi connectivity index (χ1) is 8.72. The fraction of sp³-hybridized carbons (Fsp3) is 0.308. The highest BCUT2D eigenvalue weighted by atomic mass is 15.0. The van der Waals surface area contributed by atoms with Gasteiger partial charge in [0, 0.05) is 24.2 Å². The SMILES string of the molecule is CCNC(c1cnccn1)c1cc(C)cnc1N. The summed E-state index contributed by atoms with van der Waals surface area (Å²) in [6.07, 6.45) is 6.84. The largest absolute Gasteiger partial charge is 0.383 e. The number of nitrogen functional groups attached to an aromatic ring is 1. The summed E-state index contributed by atoms with van der Waals surface area (Å²) in [6, 6.07) is 1.96. The molecule has 0 saturated carbocycles. The summed E-state index contributed by atoms with van der Waals surface area (Å²) in [7, 11) is 0. The maximum Gasteiger partial charge on any atom is 0.128 e. The molecule has 3 N–H and O–H groups in total. The second kappa shape index (κ2) is 5.55. The van der Waals surface area contributed by atoms with Gasteiger partial charge >= 0.3 is 0 Å². The van der Waals surface area contributed by atoms with Gasteiger partial charge in [0.2, 0.25) is 0 Å². The Hall–Kier alpha value is -2.01. The van der Waals surface area contributed by atoms with Crippen molar-refractivity contribution in [3.8, 4) is 0 Å². The molecule has 2 aromatic heterocycles. The number of nitrogens with one attached hydrogen (secondary N) is 1. The number of nitrogens with two attached hydrogens (primary N) is 1. The lowest BCUT2D eigenvalue weighted by atomic mass is 10.0. The molecule has 5 nitrogen and oxygen atoms in total. The standard InChI is InChI=1S/C13H17N5/c1-3-16-12(11-8-15-4-5-17-11)10-6-9(2)7-18-13(10)14/h4-8,12,16H,3H2,1-2H3,(H2,14,18). The van der Waals surface area contributed by atoms with Crippen LogP contribution in [0.5, 0.6) is 0 Å². The van der Waals surface area contributed by atoms with E-state index >= 15 is 0 Å². The molecule has 0 saturated heterocycles. The van der Waals surface area contributed by atoms with Gasteiger partial charge in [-0.05, 0) is 25.1 Å². The van der Waals surface area contributed by atoms with Crippen LogP contribution in [0.25, 0.3) is 0 Å². The maximum absolute atomic E-state index is 5.96. The first-order valence-electron chi connectivity index (χ1n) is 5.93. The molecule has 2 aromatic rings. The molecule has 1 atom stereocenters. The van der Waals surface area contributed by atoms with Crippen molar-refractivity contribution in [1.29, 1.82) is 0 Å². The average Bonchev–Trinajstić information content (AvgIpc) is 2.40. The number of pyridine rings is 1. The van der Waals surface area contributed by atoms with Crippen LogP contribution in [0.2, 0.25) is 0 Å². The van der Waals surface area contributed by atoms with Crippen molar-refractivity contribution in [2.45, 2.75) is 19.9 Å². The third kappa shape index (κ3) is 2.62. The van der Waals surface area contributed by atoms with E-state index in [2.05, 4.69) is 20.3 Å². The van der Waals surface area contributed by atoms with E-state index in [0.717, 1.165) is 23.4 Å². The summed E-state index contributed by atoms with van der Waals surface area (Å²) in [4.78, 5) is 12.6. The Morgan fingerprint density at radius 2 is 2.11 bits per heavy atom. The predicted molar refractivity (Wildman–Crippen MR) is 70.9 cm³/mol. The molecule has 0 aliphatic rings. The predicted octanol–water partition coefficient (Wildman–Crippen LogP) is 1.46. The number of nitrogens with zero attached hydrogens (tertiary/aromatic N) is 3. The van der Waals surface area contributed by atoms with Gasteiger partial charge in [-0.1, -0.05) is 6.92 Å². The fourth-order valence-electron chi connectivity index (χ4n) is 1.87. The molecule has 94 valence electrons. The molecule has 0 aliphatic heterocycles. The Balaban J connectivity index is 2.44. The van der Waals surface area contributed by atoms with Crippen LogP contribution in [0.3, 0.4) is 0 Å². The van der Waals surface area contributed by atoms with Gasteiger partial charge in [-0.2, -0.15) is 0 Å². The van der Waals surface area contributed by atoms with Crippen molar-refractivity contribution < 1.29 is 0 Å². The molecule has 0 radical (unpaired) electrons. The van der Waals surface area contributed by atoms with Crippen molar-refractivity contribution in [3.63, 3.8) is 0 Å². The molecule has 0 aromatic carbocycles. The molecule has 2 heterocycles. The normalized spacial score (nSPS) is 12.3. The number of rotatable bonds is 4. The van der Waals surface area contributed by atoms with E-state index in [0.29, 0.717) is 5.82 Å². The average molecular weight is 243 g/mol. The van der Waals surface area contributed by atoms with Gasteiger partial charge in [0.1, 0.15) is 5.82 Å². The number of anilines is 1. The van der Waals surface area contributed by atoms with E-state index in [1.165, 1.54) is 0 Å². The van der Waals surface area contributed by atoms with Crippen LogP contribution in [0.4, 0.5) is 5.82 Å². The Morgan fingerprint density at radius 3 is 2.78 bits per heavy atom. The summed E-state index contributed by atoms with van der Waals surface area (Å²) < 4.78 is 0. The fourth-order valence-corrected chi connectivity index (χ4v) is 1.87. The quantitative estimate of drug-likeness (QED) is 0.850. The van der Waals surface area contributed by atoms with E-state index in [9.17, 15) is 0 Å². The number of aromatic nitrogens is 3. The van der Waals surface area contributed by atoms with Crippen LogP contribution >= 0.6 is 0 Å². The van der Waals surface area contributed by atoms with E-state index < -0.39 is 0 Å². The molecule has 2 rings (SSSR count). The lowest BCUT2D eigenvalue weighted by Gasteiger charge is -2.19. The molecule has 0 aliphatic carbocycles. The van der Waals surface area contributed by atoms with Gasteiger partial charge in [-0.15, -0.1) is 0 Å². The van der Waals surface area contributed by atoms with Gasteiger partial charge < -0.3 is 11.1 Å². The summed E-state index contributed by atoms with van der Waals surface area (Å²) in [5, 5.41) is 3.36. The van der Waals surface area contributed by atoms with Crippen LogP contribution in [0.15, 0.2) is 30.9 Å². The van der Waals surface area contributed by atoms with Gasteiger partial charge in [0.05, 0.1) is 17.9 Å². The Kier molecular flexibility index (Phi) is 3.84. The summed E-state index contributed by atoms with van der Waals surface area (Å²) in [5.41, 5.74) is 8.82. The summed E-state index contributed by atoms with van der Waals surface area (Å²) in [6.45, 7) is 4.85. The first kappa shape index (κ1) is 12.4. The van der Waals surface area contributed by atoms with E-state index in [4.69, 9.17) is 5.73 Å². The maximum atomic E-state index is 5.96. The highest BCUT2D eigenvalue weighted by Crippen LogP contribution is 2.24. The van der Waals surface area contributed by atoms with Gasteiger partial charge in [0.15, 0.2) is 0 Å². The van der Waals surface area contributed by atoms with Crippen LogP contribution in [0.1, 0.15) is 29.8 Å². The summed E-state index contributed by atoms with van der Waals surface area (Å²) >= 11 is 0. The summed E-state index contributed by atoms with van der Waals surface area (Å²) in [5.74, 6) is 0.525. The minimum atomic E-state index is -0.0731. The minimum Gasteiger partial charge on any atom is -0.383 e. The van der Waals surface area contributed by atoms with Gasteiger partial charge in [-0.3, -0.25) is 9.97 Å². The van der Waals surface area contributed by atoms with Crippen LogP contribution in [-0.2, 0) is 0 Å².